The molecule has 0 N–H and O–H groups in total. The van der Waals surface area contributed by atoms with Crippen molar-refractivity contribution in [2.24, 2.45) is 0 Å². The van der Waals surface area contributed by atoms with Gasteiger partial charge in [0, 0.05) is 18.7 Å². The second kappa shape index (κ2) is 14.5. The molecule has 0 aromatic heterocycles. The second-order valence-corrected chi connectivity index (χ2v) is 11.5. The van der Waals surface area contributed by atoms with E-state index in [4.69, 9.17) is 18.9 Å². The molecule has 0 saturated carbocycles. The molecule has 1 amide bonds. The van der Waals surface area contributed by atoms with Gasteiger partial charge in [-0.15, -0.1) is 0 Å². The van der Waals surface area contributed by atoms with E-state index >= 15 is 0 Å². The number of rotatable bonds is 10. The van der Waals surface area contributed by atoms with Gasteiger partial charge in [0.05, 0.1) is 26.2 Å². The molecule has 0 radical (unpaired) electrons. The van der Waals surface area contributed by atoms with Gasteiger partial charge in [0.1, 0.15) is 11.2 Å². The monoisotopic (exact) mass is 567 g/mol. The van der Waals surface area contributed by atoms with Gasteiger partial charge in [0.2, 0.25) is 0 Å². The average molecular weight is 568 g/mol. The van der Waals surface area contributed by atoms with E-state index in [-0.39, 0.29) is 25.1 Å². The molecule has 2 rings (SSSR count). The fraction of sp³-hybridized carbons (Fsp3) is 0.438. The van der Waals surface area contributed by atoms with E-state index in [0.717, 1.165) is 11.1 Å². The van der Waals surface area contributed by atoms with Crippen LogP contribution < -0.4 is 0 Å². The Bertz CT molecular complexity index is 1270. The highest BCUT2D eigenvalue weighted by molar-refractivity contribution is 5.98. The van der Waals surface area contributed by atoms with E-state index in [0.29, 0.717) is 17.5 Å². The fourth-order valence-electron chi connectivity index (χ4n) is 3.77. The second-order valence-electron chi connectivity index (χ2n) is 11.5. The van der Waals surface area contributed by atoms with Crippen molar-refractivity contribution >= 4 is 30.1 Å². The van der Waals surface area contributed by atoms with Crippen LogP contribution in [0.1, 0.15) is 75.0 Å². The van der Waals surface area contributed by atoms with Crippen LogP contribution in [0.2, 0.25) is 0 Å². The van der Waals surface area contributed by atoms with Crippen molar-refractivity contribution in [2.45, 2.75) is 72.1 Å². The number of amides is 1. The third-order valence-corrected chi connectivity index (χ3v) is 5.64. The Morgan fingerprint density at radius 3 is 2.10 bits per heavy atom. The van der Waals surface area contributed by atoms with Crippen molar-refractivity contribution < 1.29 is 38.1 Å². The van der Waals surface area contributed by atoms with Crippen LogP contribution in [0.5, 0.6) is 0 Å². The molecule has 0 spiro atoms. The molecule has 2 aromatic rings. The molecule has 0 unspecified atom stereocenters. The summed E-state index contributed by atoms with van der Waals surface area (Å²) in [6.45, 7) is 11.3. The maximum absolute atomic E-state index is 13.3. The first-order valence-electron chi connectivity index (χ1n) is 13.4. The normalized spacial score (nSPS) is 11.9. The Morgan fingerprint density at radius 2 is 1.49 bits per heavy atom. The number of carbonyl (C=O) groups excluding carboxylic acids is 4. The SMILES string of the molecule is COC(=O)CC(=Cc1ccccc1CN(CCc1cccc(C(=O)OC(C)(C)C)c1)C(=O)OC(C)(C)C)C(=O)OC. The zero-order chi connectivity index (χ0) is 30.8. The molecule has 41 heavy (non-hydrogen) atoms. The smallest absolute Gasteiger partial charge is 0.410 e. The van der Waals surface area contributed by atoms with Crippen molar-refractivity contribution in [1.82, 2.24) is 4.90 Å². The molecule has 0 saturated heterocycles. The molecule has 0 aliphatic heterocycles. The van der Waals surface area contributed by atoms with E-state index in [1.807, 2.05) is 39.0 Å². The zero-order valence-electron chi connectivity index (χ0n) is 25.2. The van der Waals surface area contributed by atoms with Gasteiger partial charge in [-0.3, -0.25) is 4.79 Å². The number of carbonyl (C=O) groups is 4. The minimum Gasteiger partial charge on any atom is -0.469 e. The van der Waals surface area contributed by atoms with Crippen molar-refractivity contribution in [3.05, 3.63) is 76.4 Å². The molecule has 9 heteroatoms. The zero-order valence-corrected chi connectivity index (χ0v) is 25.2. The molecule has 0 aliphatic rings. The quantitative estimate of drug-likeness (QED) is 0.203. The largest absolute Gasteiger partial charge is 0.469 e. The lowest BCUT2D eigenvalue weighted by atomic mass is 10.0. The molecular formula is C32H41NO8. The molecule has 0 bridgehead atoms. The number of ether oxygens (including phenoxy) is 4. The minimum atomic E-state index is -0.718. The van der Waals surface area contributed by atoms with Gasteiger partial charge in [-0.1, -0.05) is 36.4 Å². The van der Waals surface area contributed by atoms with Crippen LogP contribution in [0.25, 0.3) is 6.08 Å². The fourth-order valence-corrected chi connectivity index (χ4v) is 3.77. The van der Waals surface area contributed by atoms with Crippen molar-refractivity contribution in [3.8, 4) is 0 Å². The van der Waals surface area contributed by atoms with E-state index in [9.17, 15) is 19.2 Å². The van der Waals surface area contributed by atoms with Crippen LogP contribution in [0.4, 0.5) is 4.79 Å². The molecule has 0 heterocycles. The number of hydrogen-bond acceptors (Lipinski definition) is 8. The Labute approximate surface area is 242 Å². The Morgan fingerprint density at radius 1 is 0.829 bits per heavy atom. The standard InChI is InChI=1S/C32H41NO8/c1-31(2,3)40-29(36)24-15-11-12-22(18-24)16-17-33(30(37)41-32(4,5)6)21-25-14-10-9-13-23(25)19-26(28(35)39-8)20-27(34)38-7/h9-15,18-19H,16-17,20-21H2,1-8H3. The molecule has 222 valence electrons. The number of methoxy groups -OCH3 is 2. The van der Waals surface area contributed by atoms with Gasteiger partial charge in [-0.05, 0) is 82.9 Å². The van der Waals surface area contributed by atoms with Gasteiger partial charge in [-0.25, -0.2) is 14.4 Å². The predicted molar refractivity (Wildman–Crippen MR) is 155 cm³/mol. The molecule has 2 aromatic carbocycles. The van der Waals surface area contributed by atoms with E-state index in [2.05, 4.69) is 0 Å². The van der Waals surface area contributed by atoms with Gasteiger partial charge in [-0.2, -0.15) is 0 Å². The van der Waals surface area contributed by atoms with Gasteiger partial charge < -0.3 is 23.8 Å². The third-order valence-electron chi connectivity index (χ3n) is 5.64. The summed E-state index contributed by atoms with van der Waals surface area (Å²) in [5.41, 5.74) is 1.43. The summed E-state index contributed by atoms with van der Waals surface area (Å²) in [7, 11) is 2.48. The van der Waals surface area contributed by atoms with Crippen LogP contribution in [0.15, 0.2) is 54.1 Å². The highest BCUT2D eigenvalue weighted by atomic mass is 16.6. The van der Waals surface area contributed by atoms with Gasteiger partial charge in [0.25, 0.3) is 0 Å². The van der Waals surface area contributed by atoms with E-state index in [1.54, 1.807) is 62.1 Å². The lowest BCUT2D eigenvalue weighted by molar-refractivity contribution is -0.143. The first-order chi connectivity index (χ1) is 19.1. The molecule has 0 atom stereocenters. The summed E-state index contributed by atoms with van der Waals surface area (Å²) in [6.07, 6.45) is 1.24. The number of esters is 3. The first-order valence-corrected chi connectivity index (χ1v) is 13.4. The van der Waals surface area contributed by atoms with Crippen LogP contribution >= 0.6 is 0 Å². The van der Waals surface area contributed by atoms with Crippen LogP contribution in [-0.2, 0) is 41.5 Å². The third kappa shape index (κ3) is 11.5. The minimum absolute atomic E-state index is 0.120. The van der Waals surface area contributed by atoms with Crippen molar-refractivity contribution in [2.75, 3.05) is 20.8 Å². The Kier molecular flexibility index (Phi) is 11.7. The number of nitrogens with zero attached hydrogens (tertiary/aromatic N) is 1. The van der Waals surface area contributed by atoms with E-state index < -0.39 is 35.2 Å². The average Bonchev–Trinajstić information content (AvgIpc) is 2.89. The molecule has 9 nitrogen and oxygen atoms in total. The Hall–Kier alpha value is -4.14. The van der Waals surface area contributed by atoms with Crippen LogP contribution in [-0.4, -0.2) is 60.9 Å². The summed E-state index contributed by atoms with van der Waals surface area (Å²) in [5.74, 6) is -1.65. The van der Waals surface area contributed by atoms with Crippen LogP contribution in [0, 0.1) is 0 Å². The lowest BCUT2D eigenvalue weighted by Crippen LogP contribution is -2.37. The lowest BCUT2D eigenvalue weighted by Gasteiger charge is -2.28. The maximum Gasteiger partial charge on any atom is 0.410 e. The highest BCUT2D eigenvalue weighted by Crippen LogP contribution is 2.21. The highest BCUT2D eigenvalue weighted by Gasteiger charge is 2.24. The molecule has 0 fully saturated rings. The maximum atomic E-state index is 13.3. The molecule has 0 aliphatic carbocycles. The van der Waals surface area contributed by atoms with Crippen molar-refractivity contribution in [1.29, 1.82) is 0 Å². The number of benzene rings is 2. The summed E-state index contributed by atoms with van der Waals surface area (Å²) < 4.78 is 20.7. The van der Waals surface area contributed by atoms with Gasteiger partial charge in [0.15, 0.2) is 0 Å². The topological polar surface area (TPSA) is 108 Å². The molecular weight excluding hydrogens is 526 g/mol. The van der Waals surface area contributed by atoms with Crippen LogP contribution in [0.3, 0.4) is 0 Å². The number of hydrogen-bond donors (Lipinski definition) is 0. The summed E-state index contributed by atoms with van der Waals surface area (Å²) >= 11 is 0. The summed E-state index contributed by atoms with van der Waals surface area (Å²) in [6, 6.07) is 14.3. The van der Waals surface area contributed by atoms with Crippen molar-refractivity contribution in [3.63, 3.8) is 0 Å². The van der Waals surface area contributed by atoms with E-state index in [1.165, 1.54) is 14.2 Å². The first kappa shape index (κ1) is 33.1. The van der Waals surface area contributed by atoms with Gasteiger partial charge >= 0.3 is 24.0 Å². The Balaban J connectivity index is 2.37. The summed E-state index contributed by atoms with van der Waals surface area (Å²) in [5, 5.41) is 0. The summed E-state index contributed by atoms with van der Waals surface area (Å²) in [4.78, 5) is 51.7. The predicted octanol–water partition coefficient (Wildman–Crippen LogP) is 5.74.